The van der Waals surface area contributed by atoms with Gasteiger partial charge in [-0.25, -0.2) is 4.98 Å². The van der Waals surface area contributed by atoms with Crippen LogP contribution >= 0.6 is 0 Å². The molecule has 0 saturated carbocycles. The molecule has 1 aromatic heterocycles. The van der Waals surface area contributed by atoms with Gasteiger partial charge in [-0.2, -0.15) is 5.26 Å². The van der Waals surface area contributed by atoms with E-state index in [9.17, 15) is 0 Å². The molecule has 108 valence electrons. The first-order chi connectivity index (χ1) is 10.2. The molecule has 4 nitrogen and oxygen atoms in total. The van der Waals surface area contributed by atoms with Gasteiger partial charge in [0.1, 0.15) is 5.82 Å². The lowest BCUT2D eigenvalue weighted by atomic mass is 10.2. The van der Waals surface area contributed by atoms with Crippen molar-refractivity contribution >= 4 is 11.5 Å². The highest BCUT2D eigenvalue weighted by atomic mass is 15.1. The molecule has 0 aliphatic heterocycles. The van der Waals surface area contributed by atoms with Gasteiger partial charge in [0, 0.05) is 37.6 Å². The molecule has 21 heavy (non-hydrogen) atoms. The number of nitriles is 1. The standard InChI is InChI=1S/C17H20N4/c1-3-10-19-17-15(5-4-11-20-17)13-21(2)16-8-6-14(12-18)7-9-16/h4-9,11H,3,10,13H2,1-2H3,(H,19,20). The summed E-state index contributed by atoms with van der Waals surface area (Å²) in [5, 5.41) is 12.2. The SMILES string of the molecule is CCCNc1ncccc1CN(C)c1ccc(C#N)cc1. The summed E-state index contributed by atoms with van der Waals surface area (Å²) in [6.07, 6.45) is 2.88. The van der Waals surface area contributed by atoms with Crippen molar-refractivity contribution in [1.29, 1.82) is 5.26 Å². The molecular formula is C17H20N4. The maximum absolute atomic E-state index is 8.84. The van der Waals surface area contributed by atoms with E-state index in [0.29, 0.717) is 5.56 Å². The molecular weight excluding hydrogens is 260 g/mol. The van der Waals surface area contributed by atoms with Gasteiger partial charge < -0.3 is 10.2 Å². The van der Waals surface area contributed by atoms with E-state index in [2.05, 4.69) is 34.3 Å². The van der Waals surface area contributed by atoms with E-state index >= 15 is 0 Å². The summed E-state index contributed by atoms with van der Waals surface area (Å²) in [5.41, 5.74) is 2.93. The van der Waals surface area contributed by atoms with Crippen LogP contribution in [0.25, 0.3) is 0 Å². The van der Waals surface area contributed by atoms with E-state index in [1.807, 2.05) is 43.6 Å². The molecule has 1 N–H and O–H groups in total. The Labute approximate surface area is 126 Å². The molecule has 0 atom stereocenters. The number of benzene rings is 1. The largest absolute Gasteiger partial charge is 0.370 e. The second-order valence-corrected chi connectivity index (χ2v) is 4.95. The molecule has 0 radical (unpaired) electrons. The van der Waals surface area contributed by atoms with E-state index in [1.54, 1.807) is 0 Å². The minimum atomic E-state index is 0.679. The predicted octanol–water partition coefficient (Wildman–Crippen LogP) is 3.41. The highest BCUT2D eigenvalue weighted by Crippen LogP contribution is 2.19. The van der Waals surface area contributed by atoms with Gasteiger partial charge in [0.05, 0.1) is 11.6 Å². The Hall–Kier alpha value is -2.54. The summed E-state index contributed by atoms with van der Waals surface area (Å²) in [4.78, 5) is 6.56. The molecule has 0 fully saturated rings. The van der Waals surface area contributed by atoms with E-state index in [-0.39, 0.29) is 0 Å². The Morgan fingerprint density at radius 1 is 1.24 bits per heavy atom. The van der Waals surface area contributed by atoms with Crippen LogP contribution in [0, 0.1) is 11.3 Å². The number of hydrogen-bond donors (Lipinski definition) is 1. The minimum absolute atomic E-state index is 0.679. The molecule has 1 aromatic carbocycles. The van der Waals surface area contributed by atoms with Crippen molar-refractivity contribution in [3.05, 3.63) is 53.7 Å². The number of hydrogen-bond acceptors (Lipinski definition) is 4. The highest BCUT2D eigenvalue weighted by molar-refractivity contribution is 5.52. The Kier molecular flexibility index (Phi) is 5.16. The molecule has 0 amide bonds. The molecule has 1 heterocycles. The van der Waals surface area contributed by atoms with Crippen LogP contribution in [-0.4, -0.2) is 18.6 Å². The fourth-order valence-corrected chi connectivity index (χ4v) is 2.11. The van der Waals surface area contributed by atoms with Gasteiger partial charge in [-0.15, -0.1) is 0 Å². The highest BCUT2D eigenvalue weighted by Gasteiger charge is 2.07. The second kappa shape index (κ2) is 7.30. The third-order valence-electron chi connectivity index (χ3n) is 3.28. The second-order valence-electron chi connectivity index (χ2n) is 4.95. The molecule has 0 unspecified atom stereocenters. The lowest BCUT2D eigenvalue weighted by Gasteiger charge is -2.21. The van der Waals surface area contributed by atoms with Crippen LogP contribution in [0.2, 0.25) is 0 Å². The maximum atomic E-state index is 8.84. The van der Waals surface area contributed by atoms with Gasteiger partial charge in [-0.1, -0.05) is 13.0 Å². The number of aromatic nitrogens is 1. The number of pyridine rings is 1. The summed E-state index contributed by atoms with van der Waals surface area (Å²) in [7, 11) is 2.04. The van der Waals surface area contributed by atoms with Crippen molar-refractivity contribution in [2.24, 2.45) is 0 Å². The molecule has 0 aliphatic carbocycles. The smallest absolute Gasteiger partial charge is 0.130 e. The zero-order valence-corrected chi connectivity index (χ0v) is 12.5. The van der Waals surface area contributed by atoms with E-state index < -0.39 is 0 Å². The lowest BCUT2D eigenvalue weighted by molar-refractivity contribution is 0.903. The predicted molar refractivity (Wildman–Crippen MR) is 86.3 cm³/mol. The number of rotatable bonds is 6. The Balaban J connectivity index is 2.11. The third-order valence-corrected chi connectivity index (χ3v) is 3.28. The van der Waals surface area contributed by atoms with Crippen molar-refractivity contribution in [1.82, 2.24) is 4.98 Å². The lowest BCUT2D eigenvalue weighted by Crippen LogP contribution is -2.18. The first kappa shape index (κ1) is 14.9. The molecule has 0 spiro atoms. The zero-order chi connectivity index (χ0) is 15.1. The van der Waals surface area contributed by atoms with Crippen LogP contribution in [-0.2, 0) is 6.54 Å². The molecule has 0 aliphatic rings. The summed E-state index contributed by atoms with van der Waals surface area (Å²) < 4.78 is 0. The monoisotopic (exact) mass is 280 g/mol. The number of nitrogens with one attached hydrogen (secondary N) is 1. The topological polar surface area (TPSA) is 52.0 Å². The van der Waals surface area contributed by atoms with E-state index in [0.717, 1.165) is 36.6 Å². The first-order valence-electron chi connectivity index (χ1n) is 7.13. The van der Waals surface area contributed by atoms with Gasteiger partial charge in [-0.3, -0.25) is 0 Å². The summed E-state index contributed by atoms with van der Waals surface area (Å²) in [5.74, 6) is 0.944. The summed E-state index contributed by atoms with van der Waals surface area (Å²) in [6.45, 7) is 3.83. The quantitative estimate of drug-likeness (QED) is 0.881. The Morgan fingerprint density at radius 2 is 2.00 bits per heavy atom. The van der Waals surface area contributed by atoms with Crippen molar-refractivity contribution < 1.29 is 0 Å². The van der Waals surface area contributed by atoms with Crippen LogP contribution < -0.4 is 10.2 Å². The molecule has 4 heteroatoms. The normalized spacial score (nSPS) is 9.95. The van der Waals surface area contributed by atoms with E-state index in [1.165, 1.54) is 0 Å². The minimum Gasteiger partial charge on any atom is -0.370 e. The molecule has 2 aromatic rings. The fraction of sp³-hybridized carbons (Fsp3) is 0.294. The Bertz CT molecular complexity index is 613. The van der Waals surface area contributed by atoms with Crippen molar-refractivity contribution in [3.63, 3.8) is 0 Å². The first-order valence-corrected chi connectivity index (χ1v) is 7.13. The van der Waals surface area contributed by atoms with Crippen LogP contribution in [0.5, 0.6) is 0 Å². The number of anilines is 2. The van der Waals surface area contributed by atoms with Crippen LogP contribution in [0.4, 0.5) is 11.5 Å². The summed E-state index contributed by atoms with van der Waals surface area (Å²) in [6, 6.07) is 13.8. The van der Waals surface area contributed by atoms with Crippen molar-refractivity contribution in [3.8, 4) is 6.07 Å². The average Bonchev–Trinajstić information content (AvgIpc) is 2.54. The summed E-state index contributed by atoms with van der Waals surface area (Å²) >= 11 is 0. The van der Waals surface area contributed by atoms with Crippen molar-refractivity contribution in [2.45, 2.75) is 19.9 Å². The number of nitrogens with zero attached hydrogens (tertiary/aromatic N) is 3. The van der Waals surface area contributed by atoms with Crippen LogP contribution in [0.1, 0.15) is 24.5 Å². The molecule has 2 rings (SSSR count). The van der Waals surface area contributed by atoms with Crippen molar-refractivity contribution in [2.75, 3.05) is 23.8 Å². The van der Waals surface area contributed by atoms with Gasteiger partial charge in [0.15, 0.2) is 0 Å². The zero-order valence-electron chi connectivity index (χ0n) is 12.5. The van der Waals surface area contributed by atoms with Gasteiger partial charge in [-0.05, 0) is 36.8 Å². The van der Waals surface area contributed by atoms with Crippen LogP contribution in [0.3, 0.4) is 0 Å². The Morgan fingerprint density at radius 3 is 2.67 bits per heavy atom. The molecule has 0 saturated heterocycles. The van der Waals surface area contributed by atoms with Gasteiger partial charge in [0.25, 0.3) is 0 Å². The fourth-order valence-electron chi connectivity index (χ4n) is 2.11. The van der Waals surface area contributed by atoms with Gasteiger partial charge in [0.2, 0.25) is 0 Å². The molecule has 0 bridgehead atoms. The van der Waals surface area contributed by atoms with Gasteiger partial charge >= 0.3 is 0 Å². The average molecular weight is 280 g/mol. The third kappa shape index (κ3) is 3.96. The van der Waals surface area contributed by atoms with E-state index in [4.69, 9.17) is 5.26 Å². The maximum Gasteiger partial charge on any atom is 0.130 e. The van der Waals surface area contributed by atoms with Crippen LogP contribution in [0.15, 0.2) is 42.6 Å².